The highest BCUT2D eigenvalue weighted by atomic mass is 16.4. The summed E-state index contributed by atoms with van der Waals surface area (Å²) < 4.78 is 0. The van der Waals surface area contributed by atoms with Crippen LogP contribution in [0.1, 0.15) is 29.6 Å². The zero-order valence-electron chi connectivity index (χ0n) is 9.47. The number of rotatable bonds is 4. The molecule has 2 unspecified atom stereocenters. The molecule has 1 saturated carbocycles. The summed E-state index contributed by atoms with van der Waals surface area (Å²) in [5.74, 6) is -0.0553. The molecule has 1 aromatic heterocycles. The fourth-order valence-electron chi connectivity index (χ4n) is 2.12. The number of carbonyl (C=O) groups is 1. The van der Waals surface area contributed by atoms with Crippen molar-refractivity contribution >= 4 is 11.8 Å². The first-order chi connectivity index (χ1) is 8.16. The van der Waals surface area contributed by atoms with Crippen LogP contribution in [0.4, 0.5) is 5.82 Å². The Morgan fingerprint density at radius 2 is 2.29 bits per heavy atom. The summed E-state index contributed by atoms with van der Waals surface area (Å²) in [7, 11) is 0. The van der Waals surface area contributed by atoms with Crippen molar-refractivity contribution in [2.24, 2.45) is 5.92 Å². The second-order valence-corrected chi connectivity index (χ2v) is 4.38. The first-order valence-corrected chi connectivity index (χ1v) is 5.78. The number of carboxylic acid groups (broad SMARTS) is 1. The Kier molecular flexibility index (Phi) is 3.58. The molecular formula is C12H16N2O3. The van der Waals surface area contributed by atoms with Crippen molar-refractivity contribution in [2.75, 3.05) is 11.9 Å². The fourth-order valence-corrected chi connectivity index (χ4v) is 2.12. The Labute approximate surface area is 99.5 Å². The van der Waals surface area contributed by atoms with Gasteiger partial charge >= 0.3 is 5.97 Å². The minimum Gasteiger partial charge on any atom is -0.478 e. The molecule has 0 bridgehead atoms. The molecule has 0 aliphatic heterocycles. The predicted octanol–water partition coefficient (Wildman–Crippen LogP) is 1.35. The maximum atomic E-state index is 10.6. The van der Waals surface area contributed by atoms with Crippen LogP contribution in [-0.4, -0.2) is 33.8 Å². The van der Waals surface area contributed by atoms with Gasteiger partial charge in [0.25, 0.3) is 0 Å². The molecule has 92 valence electrons. The lowest BCUT2D eigenvalue weighted by Crippen LogP contribution is -2.22. The van der Waals surface area contributed by atoms with Gasteiger partial charge in [-0.2, -0.15) is 0 Å². The smallest absolute Gasteiger partial charge is 0.337 e. The molecule has 17 heavy (non-hydrogen) atoms. The topological polar surface area (TPSA) is 82.5 Å². The van der Waals surface area contributed by atoms with E-state index in [1.807, 2.05) is 0 Å². The van der Waals surface area contributed by atoms with Crippen LogP contribution >= 0.6 is 0 Å². The van der Waals surface area contributed by atoms with Gasteiger partial charge in [0.1, 0.15) is 5.82 Å². The number of hydrogen-bond donors (Lipinski definition) is 3. The molecule has 3 N–H and O–H groups in total. The van der Waals surface area contributed by atoms with E-state index in [-0.39, 0.29) is 17.6 Å². The molecule has 1 aromatic rings. The number of nitrogens with one attached hydrogen (secondary N) is 1. The summed E-state index contributed by atoms with van der Waals surface area (Å²) in [5, 5.41) is 21.5. The maximum Gasteiger partial charge on any atom is 0.337 e. The van der Waals surface area contributed by atoms with Gasteiger partial charge in [-0.25, -0.2) is 9.78 Å². The van der Waals surface area contributed by atoms with Crippen molar-refractivity contribution in [1.29, 1.82) is 0 Å². The predicted molar refractivity (Wildman–Crippen MR) is 63.0 cm³/mol. The van der Waals surface area contributed by atoms with E-state index in [4.69, 9.17) is 5.11 Å². The van der Waals surface area contributed by atoms with Gasteiger partial charge in [0, 0.05) is 18.7 Å². The second-order valence-electron chi connectivity index (χ2n) is 4.38. The number of anilines is 1. The van der Waals surface area contributed by atoms with Gasteiger partial charge in [0.15, 0.2) is 0 Å². The van der Waals surface area contributed by atoms with Crippen molar-refractivity contribution < 1.29 is 15.0 Å². The lowest BCUT2D eigenvalue weighted by molar-refractivity contribution is 0.0696. The number of aromatic nitrogens is 1. The van der Waals surface area contributed by atoms with Crippen molar-refractivity contribution in [2.45, 2.75) is 25.4 Å². The summed E-state index contributed by atoms with van der Waals surface area (Å²) in [6.45, 7) is 0.681. The van der Waals surface area contributed by atoms with Crippen LogP contribution < -0.4 is 5.32 Å². The van der Waals surface area contributed by atoms with Crippen LogP contribution in [0.5, 0.6) is 0 Å². The van der Waals surface area contributed by atoms with Gasteiger partial charge in [-0.3, -0.25) is 0 Å². The first kappa shape index (κ1) is 11.9. The van der Waals surface area contributed by atoms with E-state index in [0.29, 0.717) is 12.4 Å². The van der Waals surface area contributed by atoms with Gasteiger partial charge in [-0.05, 0) is 25.0 Å². The number of pyridine rings is 1. The molecule has 1 aliphatic rings. The molecule has 0 radical (unpaired) electrons. The standard InChI is InChI=1S/C12H16N2O3/c15-10-3-1-2-8(10)6-13-11-5-4-9(7-14-11)12(16)17/h4-5,7-8,10,15H,1-3,6H2,(H,13,14)(H,16,17). The largest absolute Gasteiger partial charge is 0.478 e. The monoisotopic (exact) mass is 236 g/mol. The molecule has 2 atom stereocenters. The summed E-state index contributed by atoms with van der Waals surface area (Å²) in [6.07, 6.45) is 4.08. The minimum absolute atomic E-state index is 0.177. The van der Waals surface area contributed by atoms with Crippen molar-refractivity contribution in [3.8, 4) is 0 Å². The second kappa shape index (κ2) is 5.14. The third kappa shape index (κ3) is 2.94. The normalized spacial score (nSPS) is 23.6. The van der Waals surface area contributed by atoms with Gasteiger partial charge in [0.2, 0.25) is 0 Å². The SMILES string of the molecule is O=C(O)c1ccc(NCC2CCCC2O)nc1. The van der Waals surface area contributed by atoms with Crippen LogP contribution in [0.3, 0.4) is 0 Å². The highest BCUT2D eigenvalue weighted by Gasteiger charge is 2.24. The van der Waals surface area contributed by atoms with Crippen LogP contribution in [0.15, 0.2) is 18.3 Å². The molecule has 0 aromatic carbocycles. The van der Waals surface area contributed by atoms with Crippen molar-refractivity contribution in [3.63, 3.8) is 0 Å². The van der Waals surface area contributed by atoms with Crippen LogP contribution in [0, 0.1) is 5.92 Å². The average molecular weight is 236 g/mol. The van der Waals surface area contributed by atoms with E-state index in [0.717, 1.165) is 19.3 Å². The van der Waals surface area contributed by atoms with E-state index in [1.165, 1.54) is 12.3 Å². The lowest BCUT2D eigenvalue weighted by atomic mass is 10.1. The van der Waals surface area contributed by atoms with Gasteiger partial charge in [0.05, 0.1) is 11.7 Å². The van der Waals surface area contributed by atoms with Gasteiger partial charge in [-0.15, -0.1) is 0 Å². The van der Waals surface area contributed by atoms with Crippen molar-refractivity contribution in [3.05, 3.63) is 23.9 Å². The van der Waals surface area contributed by atoms with E-state index in [9.17, 15) is 9.90 Å². The van der Waals surface area contributed by atoms with Crippen LogP contribution in [0.2, 0.25) is 0 Å². The molecule has 0 spiro atoms. The van der Waals surface area contributed by atoms with Crippen LogP contribution in [0.25, 0.3) is 0 Å². The molecule has 0 amide bonds. The molecular weight excluding hydrogens is 220 g/mol. The number of hydrogen-bond acceptors (Lipinski definition) is 4. The molecule has 1 heterocycles. The number of aliphatic hydroxyl groups is 1. The molecule has 0 saturated heterocycles. The van der Waals surface area contributed by atoms with Crippen LogP contribution in [-0.2, 0) is 0 Å². The highest BCUT2D eigenvalue weighted by molar-refractivity contribution is 5.87. The van der Waals surface area contributed by atoms with E-state index >= 15 is 0 Å². The zero-order valence-corrected chi connectivity index (χ0v) is 9.47. The zero-order chi connectivity index (χ0) is 12.3. The number of carboxylic acids is 1. The van der Waals surface area contributed by atoms with E-state index < -0.39 is 5.97 Å². The highest BCUT2D eigenvalue weighted by Crippen LogP contribution is 2.25. The third-order valence-corrected chi connectivity index (χ3v) is 3.17. The molecule has 1 aliphatic carbocycles. The Morgan fingerprint density at radius 1 is 1.47 bits per heavy atom. The molecule has 2 rings (SSSR count). The molecule has 1 fully saturated rings. The summed E-state index contributed by atoms with van der Waals surface area (Å²) >= 11 is 0. The van der Waals surface area contributed by atoms with Crippen molar-refractivity contribution in [1.82, 2.24) is 4.98 Å². The minimum atomic E-state index is -0.977. The third-order valence-electron chi connectivity index (χ3n) is 3.17. The molecule has 5 nitrogen and oxygen atoms in total. The van der Waals surface area contributed by atoms with Gasteiger partial charge < -0.3 is 15.5 Å². The molecule has 5 heteroatoms. The summed E-state index contributed by atoms with van der Waals surface area (Å²) in [5.41, 5.74) is 0.177. The first-order valence-electron chi connectivity index (χ1n) is 5.78. The van der Waals surface area contributed by atoms with E-state index in [2.05, 4.69) is 10.3 Å². The lowest BCUT2D eigenvalue weighted by Gasteiger charge is -2.15. The number of aliphatic hydroxyl groups excluding tert-OH is 1. The quantitative estimate of drug-likeness (QED) is 0.735. The Morgan fingerprint density at radius 3 is 2.82 bits per heavy atom. The average Bonchev–Trinajstić information content (AvgIpc) is 2.73. The maximum absolute atomic E-state index is 10.6. The summed E-state index contributed by atoms with van der Waals surface area (Å²) in [6, 6.07) is 3.16. The number of nitrogens with zero attached hydrogens (tertiary/aromatic N) is 1. The Bertz CT molecular complexity index is 391. The Balaban J connectivity index is 1.88. The fraction of sp³-hybridized carbons (Fsp3) is 0.500. The Hall–Kier alpha value is -1.62. The van der Waals surface area contributed by atoms with E-state index in [1.54, 1.807) is 6.07 Å². The summed E-state index contributed by atoms with van der Waals surface area (Å²) in [4.78, 5) is 14.6. The van der Waals surface area contributed by atoms with Gasteiger partial charge in [-0.1, -0.05) is 6.42 Å². The number of aromatic carboxylic acids is 1.